The first-order valence-corrected chi connectivity index (χ1v) is 7.45. The van der Waals surface area contributed by atoms with Crippen LogP contribution in [0.25, 0.3) is 0 Å². The van der Waals surface area contributed by atoms with Gasteiger partial charge >= 0.3 is 6.18 Å². The highest BCUT2D eigenvalue weighted by Crippen LogP contribution is 2.36. The molecule has 0 aliphatic carbocycles. The molecule has 0 aromatic carbocycles. The Kier molecular flexibility index (Phi) is 4.52. The van der Waals surface area contributed by atoms with E-state index in [1.807, 2.05) is 0 Å². The summed E-state index contributed by atoms with van der Waals surface area (Å²) in [5.41, 5.74) is 0. The van der Waals surface area contributed by atoms with Crippen LogP contribution in [0.4, 0.5) is 13.2 Å². The summed E-state index contributed by atoms with van der Waals surface area (Å²) >= 11 is 9.40. The first kappa shape index (κ1) is 15.2. The molecule has 0 radical (unpaired) electrons. The van der Waals surface area contributed by atoms with Gasteiger partial charge in [0.15, 0.2) is 0 Å². The molecule has 1 aromatic rings. The number of hydrogen-bond donors (Lipinski definition) is 0. The maximum absolute atomic E-state index is 12.1. The molecule has 10 heteroatoms. The molecular formula is C7H6BrClF3NO2S2. The van der Waals surface area contributed by atoms with Crippen LogP contribution in [0.3, 0.4) is 0 Å². The lowest BCUT2D eigenvalue weighted by Gasteiger charge is -2.17. The van der Waals surface area contributed by atoms with Crippen molar-refractivity contribution in [1.29, 1.82) is 0 Å². The topological polar surface area (TPSA) is 37.4 Å². The average Bonchev–Trinajstić information content (AvgIpc) is 2.44. The van der Waals surface area contributed by atoms with Gasteiger partial charge < -0.3 is 0 Å². The molecule has 17 heavy (non-hydrogen) atoms. The van der Waals surface area contributed by atoms with Crippen molar-refractivity contribution < 1.29 is 21.6 Å². The van der Waals surface area contributed by atoms with E-state index in [4.69, 9.17) is 11.6 Å². The molecule has 0 saturated heterocycles. The van der Waals surface area contributed by atoms with Crippen molar-refractivity contribution in [2.75, 3.05) is 13.6 Å². The highest BCUT2D eigenvalue weighted by Gasteiger charge is 2.35. The third-order valence-corrected chi connectivity index (χ3v) is 6.42. The first-order chi connectivity index (χ1) is 7.54. The highest BCUT2D eigenvalue weighted by atomic mass is 79.9. The second kappa shape index (κ2) is 5.04. The van der Waals surface area contributed by atoms with Gasteiger partial charge in [-0.15, -0.1) is 11.3 Å². The van der Waals surface area contributed by atoms with Crippen molar-refractivity contribution in [2.45, 2.75) is 10.4 Å². The quantitative estimate of drug-likeness (QED) is 0.816. The summed E-state index contributed by atoms with van der Waals surface area (Å²) in [7, 11) is -3.29. The fraction of sp³-hybridized carbons (Fsp3) is 0.429. The number of halogens is 5. The second-order valence-corrected chi connectivity index (χ2v) is 8.11. The fourth-order valence-electron chi connectivity index (χ4n) is 0.945. The molecule has 3 nitrogen and oxygen atoms in total. The Bertz CT molecular complexity index is 494. The van der Waals surface area contributed by atoms with E-state index in [0.717, 1.165) is 24.5 Å². The zero-order valence-electron chi connectivity index (χ0n) is 8.25. The minimum atomic E-state index is -4.58. The Morgan fingerprint density at radius 3 is 2.41 bits per heavy atom. The van der Waals surface area contributed by atoms with Crippen LogP contribution < -0.4 is 0 Å². The maximum Gasteiger partial charge on any atom is 0.402 e. The average molecular weight is 373 g/mol. The van der Waals surface area contributed by atoms with Crippen molar-refractivity contribution >= 4 is 48.9 Å². The van der Waals surface area contributed by atoms with Crippen LogP contribution in [0.1, 0.15) is 0 Å². The van der Waals surface area contributed by atoms with E-state index >= 15 is 0 Å². The molecule has 1 aromatic heterocycles. The monoisotopic (exact) mass is 371 g/mol. The van der Waals surface area contributed by atoms with Crippen LogP contribution in [-0.4, -0.2) is 32.5 Å². The molecule has 0 aliphatic heterocycles. The zero-order chi connectivity index (χ0) is 13.4. The minimum Gasteiger partial charge on any atom is -0.206 e. The molecule has 1 rings (SSSR count). The summed E-state index contributed by atoms with van der Waals surface area (Å²) in [6, 6.07) is 1.11. The molecule has 0 fully saturated rings. The molecule has 0 spiro atoms. The lowest BCUT2D eigenvalue weighted by molar-refractivity contribution is -0.134. The number of thiophene rings is 1. The van der Waals surface area contributed by atoms with Gasteiger partial charge in [-0.25, -0.2) is 8.42 Å². The van der Waals surface area contributed by atoms with Crippen LogP contribution in [-0.2, 0) is 10.0 Å². The Morgan fingerprint density at radius 1 is 1.53 bits per heavy atom. The van der Waals surface area contributed by atoms with Crippen molar-refractivity contribution in [3.63, 3.8) is 0 Å². The highest BCUT2D eigenvalue weighted by molar-refractivity contribution is 9.11. The van der Waals surface area contributed by atoms with Gasteiger partial charge in [0.05, 0.1) is 8.81 Å². The van der Waals surface area contributed by atoms with Crippen molar-refractivity contribution in [3.8, 4) is 0 Å². The number of nitrogens with zero attached hydrogens (tertiary/aromatic N) is 1. The molecule has 0 N–H and O–H groups in total. The van der Waals surface area contributed by atoms with Crippen LogP contribution in [0.15, 0.2) is 14.1 Å². The molecule has 0 amide bonds. The molecule has 98 valence electrons. The summed E-state index contributed by atoms with van der Waals surface area (Å²) in [6.45, 7) is -1.54. The van der Waals surface area contributed by atoms with Crippen LogP contribution in [0.2, 0.25) is 5.02 Å². The number of sulfonamides is 1. The summed E-state index contributed by atoms with van der Waals surface area (Å²) in [5.74, 6) is 0. The summed E-state index contributed by atoms with van der Waals surface area (Å²) < 4.78 is 60.1. The van der Waals surface area contributed by atoms with E-state index in [-0.39, 0.29) is 13.5 Å². The Balaban J connectivity index is 3.03. The fourth-order valence-corrected chi connectivity index (χ4v) is 4.71. The molecule has 1 heterocycles. The van der Waals surface area contributed by atoms with Gasteiger partial charge in [-0.05, 0) is 22.0 Å². The smallest absolute Gasteiger partial charge is 0.206 e. The van der Waals surface area contributed by atoms with E-state index in [1.54, 1.807) is 0 Å². The lowest BCUT2D eigenvalue weighted by Crippen LogP contribution is -2.35. The number of alkyl halides is 3. The Morgan fingerprint density at radius 2 is 2.06 bits per heavy atom. The predicted octanol–water partition coefficient (Wildman–Crippen LogP) is 3.35. The predicted molar refractivity (Wildman–Crippen MR) is 62.9 cm³/mol. The molecular weight excluding hydrogens is 367 g/mol. The second-order valence-electron chi connectivity index (χ2n) is 3.06. The Hall–Kier alpha value is 0.170. The molecule has 0 saturated carbocycles. The van der Waals surface area contributed by atoms with Gasteiger partial charge in [0.2, 0.25) is 0 Å². The summed E-state index contributed by atoms with van der Waals surface area (Å²) in [4.78, 5) is 0. The van der Waals surface area contributed by atoms with Crippen molar-refractivity contribution in [3.05, 3.63) is 14.9 Å². The summed E-state index contributed by atoms with van der Waals surface area (Å²) in [5, 5.41) is 0.147. The third kappa shape index (κ3) is 3.82. The van der Waals surface area contributed by atoms with E-state index in [9.17, 15) is 21.6 Å². The Labute approximate surface area is 113 Å². The van der Waals surface area contributed by atoms with E-state index in [2.05, 4.69) is 15.9 Å². The molecule has 0 aliphatic rings. The number of rotatable bonds is 3. The van der Waals surface area contributed by atoms with Crippen molar-refractivity contribution in [2.24, 2.45) is 0 Å². The first-order valence-electron chi connectivity index (χ1n) is 4.02. The van der Waals surface area contributed by atoms with Gasteiger partial charge in [-0.3, -0.25) is 0 Å². The number of hydrogen-bond acceptors (Lipinski definition) is 3. The van der Waals surface area contributed by atoms with Crippen LogP contribution in [0, 0.1) is 0 Å². The molecule has 0 atom stereocenters. The van der Waals surface area contributed by atoms with Gasteiger partial charge in [-0.2, -0.15) is 17.5 Å². The minimum absolute atomic E-state index is 0.147. The standard InChI is InChI=1S/C7H6BrClF3NO2S2/c1-13(3-7(10,11)12)17(14,15)5-2-4(9)6(8)16-5/h2H,3H2,1H3. The zero-order valence-corrected chi connectivity index (χ0v) is 12.2. The maximum atomic E-state index is 12.1. The normalized spacial score (nSPS) is 13.4. The van der Waals surface area contributed by atoms with Gasteiger partial charge in [0, 0.05) is 7.05 Å². The third-order valence-electron chi connectivity index (χ3n) is 1.69. The van der Waals surface area contributed by atoms with Crippen LogP contribution >= 0.6 is 38.9 Å². The molecule has 0 bridgehead atoms. The summed E-state index contributed by atoms with van der Waals surface area (Å²) in [6.07, 6.45) is -4.58. The van der Waals surface area contributed by atoms with Crippen LogP contribution in [0.5, 0.6) is 0 Å². The SMILES string of the molecule is CN(CC(F)(F)F)S(=O)(=O)c1cc(Cl)c(Br)s1. The van der Waals surface area contributed by atoms with Crippen molar-refractivity contribution in [1.82, 2.24) is 4.31 Å². The lowest BCUT2D eigenvalue weighted by atomic mass is 10.6. The van der Waals surface area contributed by atoms with Gasteiger partial charge in [-0.1, -0.05) is 11.6 Å². The van der Waals surface area contributed by atoms with Gasteiger partial charge in [0.25, 0.3) is 10.0 Å². The molecule has 0 unspecified atom stereocenters. The van der Waals surface area contributed by atoms with E-state index < -0.39 is 22.7 Å². The van der Waals surface area contributed by atoms with Gasteiger partial charge in [0.1, 0.15) is 10.8 Å². The largest absolute Gasteiger partial charge is 0.402 e. The van der Waals surface area contributed by atoms with E-state index in [1.165, 1.54) is 0 Å². The van der Waals surface area contributed by atoms with E-state index in [0.29, 0.717) is 3.79 Å².